The van der Waals surface area contributed by atoms with Crippen LogP contribution in [0.5, 0.6) is 11.5 Å². The van der Waals surface area contributed by atoms with E-state index in [4.69, 9.17) is 21.7 Å². The van der Waals surface area contributed by atoms with Crippen LogP contribution in [0.3, 0.4) is 0 Å². The predicted molar refractivity (Wildman–Crippen MR) is 92.3 cm³/mol. The van der Waals surface area contributed by atoms with Crippen molar-refractivity contribution in [3.8, 4) is 11.5 Å². The van der Waals surface area contributed by atoms with Crippen LogP contribution in [0.25, 0.3) is 0 Å². The lowest BCUT2D eigenvalue weighted by Gasteiger charge is -1.98. The maximum absolute atomic E-state index is 12.2. The van der Waals surface area contributed by atoms with Gasteiger partial charge in [-0.2, -0.15) is 0 Å². The van der Waals surface area contributed by atoms with Crippen molar-refractivity contribution < 1.29 is 32.5 Å². The Morgan fingerprint density at radius 1 is 0.885 bits per heavy atom. The van der Waals surface area contributed by atoms with Crippen LogP contribution in [-0.2, 0) is 11.4 Å². The van der Waals surface area contributed by atoms with Gasteiger partial charge in [-0.25, -0.2) is 13.2 Å². The number of hydrogen-bond donors (Lipinski definition) is 4. The molecule has 0 spiro atoms. The summed E-state index contributed by atoms with van der Waals surface area (Å²) >= 11 is 0. The van der Waals surface area contributed by atoms with Crippen LogP contribution in [0.1, 0.15) is 12.0 Å². The van der Waals surface area contributed by atoms with Crippen molar-refractivity contribution in [1.82, 2.24) is 0 Å². The number of ether oxygens (including phenoxy) is 1. The predicted octanol–water partition coefficient (Wildman–Crippen LogP) is 3.85. The molecule has 0 amide bonds. The van der Waals surface area contributed by atoms with Gasteiger partial charge in [0.15, 0.2) is 6.86 Å². The fourth-order valence-corrected chi connectivity index (χ4v) is 1.42. The number of nitrogens with two attached hydrogens (primary N) is 2. The molecule has 9 heteroatoms. The number of rotatable bonds is 5. The summed E-state index contributed by atoms with van der Waals surface area (Å²) in [5.41, 5.74) is 11.2. The molecule has 2 rings (SSSR count). The van der Waals surface area contributed by atoms with E-state index in [0.717, 1.165) is 12.1 Å². The molecule has 0 aliphatic rings. The topological polar surface area (TPSA) is 102 Å². The van der Waals surface area contributed by atoms with E-state index in [9.17, 15) is 17.6 Å². The molecule has 146 valence electrons. The highest BCUT2D eigenvalue weighted by Crippen LogP contribution is 2.20. The van der Waals surface area contributed by atoms with Crippen molar-refractivity contribution in [2.24, 2.45) is 0 Å². The van der Waals surface area contributed by atoms with Crippen molar-refractivity contribution in [2.45, 2.75) is 13.1 Å². The molecule has 0 radical (unpaired) electrons. The van der Waals surface area contributed by atoms with Gasteiger partial charge in [0.1, 0.15) is 24.0 Å². The van der Waals surface area contributed by atoms with Crippen LogP contribution in [0.4, 0.5) is 28.9 Å². The molecule has 0 aromatic heterocycles. The molecule has 0 saturated heterocycles. The fraction of sp³-hybridized carbons (Fsp3) is 0.294. The summed E-state index contributed by atoms with van der Waals surface area (Å²) in [6.07, 6.45) is 0.296. The van der Waals surface area contributed by atoms with Crippen LogP contribution in [-0.4, -0.2) is 30.4 Å². The number of alkyl halides is 3. The summed E-state index contributed by atoms with van der Waals surface area (Å²) in [4.78, 5) is 0. The molecule has 0 unspecified atom stereocenters. The average Bonchev–Trinajstić information content (AvgIpc) is 2.62. The first-order valence-electron chi connectivity index (χ1n) is 7.42. The summed E-state index contributed by atoms with van der Waals surface area (Å²) in [5.74, 6) is -0.529. The van der Waals surface area contributed by atoms with E-state index in [2.05, 4.69) is 4.74 Å². The number of halogens is 4. The SMILES string of the molecule is FCCCOCF.Nc1cc(CF)ccc1O.Nc1cc(F)ccc1O. The zero-order valence-corrected chi connectivity index (χ0v) is 14.0. The number of phenolic OH excluding ortho intramolecular Hbond substituents is 2. The van der Waals surface area contributed by atoms with Gasteiger partial charge in [-0.1, -0.05) is 6.07 Å². The van der Waals surface area contributed by atoms with Gasteiger partial charge < -0.3 is 26.4 Å². The van der Waals surface area contributed by atoms with Crippen LogP contribution >= 0.6 is 0 Å². The van der Waals surface area contributed by atoms with Gasteiger partial charge >= 0.3 is 0 Å². The standard InChI is InChI=1S/C7H8FNO.C6H6FNO.C4H8F2O/c8-4-5-1-2-7(10)6(9)3-5;7-4-1-2-6(9)5(8)3-4;5-2-1-3-7-4-6/h1-3,10H,4,9H2;1-3,9H,8H2;1-4H2. The van der Waals surface area contributed by atoms with Gasteiger partial charge in [-0.15, -0.1) is 0 Å². The van der Waals surface area contributed by atoms with Crippen LogP contribution in [0.15, 0.2) is 36.4 Å². The van der Waals surface area contributed by atoms with E-state index < -0.39 is 26.0 Å². The molecule has 26 heavy (non-hydrogen) atoms. The Kier molecular flexibility index (Phi) is 12.2. The normalized spacial score (nSPS) is 9.54. The van der Waals surface area contributed by atoms with Gasteiger partial charge in [0.05, 0.1) is 24.7 Å². The Hall–Kier alpha value is -2.68. The molecule has 0 saturated carbocycles. The smallest absolute Gasteiger partial charge is 0.188 e. The first-order chi connectivity index (χ1) is 12.3. The zero-order chi connectivity index (χ0) is 19.9. The lowest BCUT2D eigenvalue weighted by Crippen LogP contribution is -1.92. The molecule has 2 aromatic rings. The molecule has 2 aromatic carbocycles. The van der Waals surface area contributed by atoms with E-state index in [1.54, 1.807) is 0 Å². The Morgan fingerprint density at radius 3 is 1.88 bits per heavy atom. The van der Waals surface area contributed by atoms with E-state index >= 15 is 0 Å². The Bertz CT molecular complexity index is 641. The third kappa shape index (κ3) is 10.2. The van der Waals surface area contributed by atoms with Crippen molar-refractivity contribution in [3.63, 3.8) is 0 Å². The van der Waals surface area contributed by atoms with Crippen LogP contribution < -0.4 is 11.5 Å². The van der Waals surface area contributed by atoms with Crippen molar-refractivity contribution >= 4 is 11.4 Å². The first kappa shape index (κ1) is 23.3. The van der Waals surface area contributed by atoms with Crippen LogP contribution in [0, 0.1) is 5.82 Å². The van der Waals surface area contributed by atoms with Gasteiger partial charge in [-0.05, 0) is 36.2 Å². The third-order valence-corrected chi connectivity index (χ3v) is 2.74. The van der Waals surface area contributed by atoms with Gasteiger partial charge in [0.25, 0.3) is 0 Å². The van der Waals surface area contributed by atoms with Gasteiger partial charge in [0, 0.05) is 6.07 Å². The Balaban J connectivity index is 0.000000368. The molecule has 5 nitrogen and oxygen atoms in total. The quantitative estimate of drug-likeness (QED) is 0.274. The fourth-order valence-electron chi connectivity index (χ4n) is 1.42. The zero-order valence-electron chi connectivity index (χ0n) is 14.0. The molecule has 0 heterocycles. The summed E-state index contributed by atoms with van der Waals surface area (Å²) in [5, 5.41) is 17.6. The summed E-state index contributed by atoms with van der Waals surface area (Å²) in [6, 6.07) is 7.71. The average molecular weight is 378 g/mol. The largest absolute Gasteiger partial charge is 0.506 e. The molecular formula is C17H22F4N2O3. The second kappa shape index (κ2) is 13.6. The molecule has 6 N–H and O–H groups in total. The molecule has 0 atom stereocenters. The van der Waals surface area contributed by atoms with Gasteiger partial charge in [-0.3, -0.25) is 4.39 Å². The molecular weight excluding hydrogens is 356 g/mol. The Labute approximate surface area is 148 Å². The molecule has 0 bridgehead atoms. The number of anilines is 2. The lowest BCUT2D eigenvalue weighted by atomic mass is 10.2. The van der Waals surface area contributed by atoms with Crippen molar-refractivity contribution in [2.75, 3.05) is 31.6 Å². The Morgan fingerprint density at radius 2 is 1.46 bits per heavy atom. The lowest BCUT2D eigenvalue weighted by molar-refractivity contribution is 0.0538. The van der Waals surface area contributed by atoms with Crippen molar-refractivity contribution in [3.05, 3.63) is 47.8 Å². The van der Waals surface area contributed by atoms with E-state index in [1.165, 1.54) is 24.3 Å². The second-order valence-corrected chi connectivity index (χ2v) is 4.79. The molecule has 0 aliphatic carbocycles. The van der Waals surface area contributed by atoms with E-state index in [1.807, 2.05) is 0 Å². The van der Waals surface area contributed by atoms with Crippen LogP contribution in [0.2, 0.25) is 0 Å². The number of benzene rings is 2. The molecule has 0 aliphatic heterocycles. The highest BCUT2D eigenvalue weighted by Gasteiger charge is 1.97. The van der Waals surface area contributed by atoms with E-state index in [0.29, 0.717) is 12.0 Å². The van der Waals surface area contributed by atoms with Gasteiger partial charge in [0.2, 0.25) is 0 Å². The van der Waals surface area contributed by atoms with Crippen molar-refractivity contribution in [1.29, 1.82) is 0 Å². The number of hydrogen-bond acceptors (Lipinski definition) is 5. The van der Waals surface area contributed by atoms with E-state index in [-0.39, 0.29) is 29.5 Å². The number of phenols is 2. The summed E-state index contributed by atoms with van der Waals surface area (Å²) in [6.45, 7) is -1.60. The minimum Gasteiger partial charge on any atom is -0.506 e. The number of nitrogen functional groups attached to an aromatic ring is 2. The second-order valence-electron chi connectivity index (χ2n) is 4.79. The monoisotopic (exact) mass is 378 g/mol. The highest BCUT2D eigenvalue weighted by atomic mass is 19.1. The first-order valence-corrected chi connectivity index (χ1v) is 7.42. The minimum absolute atomic E-state index is 0.00259. The minimum atomic E-state index is -0.806. The third-order valence-electron chi connectivity index (χ3n) is 2.74. The highest BCUT2D eigenvalue weighted by molar-refractivity contribution is 5.53. The maximum atomic E-state index is 12.2. The molecule has 0 fully saturated rings. The number of aromatic hydroxyl groups is 2. The summed E-state index contributed by atoms with van der Waals surface area (Å²) < 4.78 is 50.3. The maximum Gasteiger partial charge on any atom is 0.188 e. The summed E-state index contributed by atoms with van der Waals surface area (Å²) in [7, 11) is 0.